The van der Waals surface area contributed by atoms with Gasteiger partial charge >= 0.3 is 5.63 Å². The van der Waals surface area contributed by atoms with E-state index in [0.717, 1.165) is 52.3 Å². The highest BCUT2D eigenvalue weighted by Gasteiger charge is 2.13. The van der Waals surface area contributed by atoms with E-state index in [4.69, 9.17) is 8.83 Å². The summed E-state index contributed by atoms with van der Waals surface area (Å²) in [5.74, 6) is 0. The maximum atomic E-state index is 11.8. The molecule has 2 heterocycles. The molecule has 4 rings (SSSR count). The Balaban J connectivity index is 1.97. The van der Waals surface area contributed by atoms with E-state index in [1.807, 2.05) is 24.3 Å². The van der Waals surface area contributed by atoms with E-state index in [1.165, 1.54) is 0 Å². The maximum absolute atomic E-state index is 11.8. The molecule has 0 spiro atoms. The lowest BCUT2D eigenvalue weighted by molar-refractivity contribution is 0.556. The van der Waals surface area contributed by atoms with Crippen LogP contribution in [-0.4, -0.2) is 0 Å². The van der Waals surface area contributed by atoms with Crippen molar-refractivity contribution < 1.29 is 8.83 Å². The highest BCUT2D eigenvalue weighted by atomic mass is 16.4. The van der Waals surface area contributed by atoms with Crippen molar-refractivity contribution in [3.63, 3.8) is 0 Å². The monoisotopic (exact) mass is 318 g/mol. The van der Waals surface area contributed by atoms with Gasteiger partial charge in [-0.15, -0.1) is 0 Å². The second-order valence-corrected chi connectivity index (χ2v) is 6.05. The third kappa shape index (κ3) is 2.52. The summed E-state index contributed by atoms with van der Waals surface area (Å²) in [7, 11) is 0. The van der Waals surface area contributed by atoms with Crippen LogP contribution in [0, 0.1) is 0 Å². The van der Waals surface area contributed by atoms with Crippen molar-refractivity contribution in [2.45, 2.75) is 26.2 Å². The number of fused-ring (bicyclic) bond motifs is 2. The zero-order chi connectivity index (χ0) is 16.5. The van der Waals surface area contributed by atoms with E-state index in [0.29, 0.717) is 5.58 Å². The first kappa shape index (κ1) is 14.8. The summed E-state index contributed by atoms with van der Waals surface area (Å²) in [4.78, 5) is 11.8. The molecule has 0 saturated carbocycles. The van der Waals surface area contributed by atoms with Crippen molar-refractivity contribution in [3.05, 3.63) is 70.8 Å². The topological polar surface area (TPSA) is 43.4 Å². The van der Waals surface area contributed by atoms with Crippen molar-refractivity contribution in [1.82, 2.24) is 0 Å². The minimum Gasteiger partial charge on any atom is -0.464 e. The van der Waals surface area contributed by atoms with Gasteiger partial charge in [0.05, 0.1) is 6.26 Å². The van der Waals surface area contributed by atoms with Crippen LogP contribution >= 0.6 is 0 Å². The second-order valence-electron chi connectivity index (χ2n) is 6.05. The Morgan fingerprint density at radius 3 is 2.58 bits per heavy atom. The van der Waals surface area contributed by atoms with Crippen LogP contribution in [0.5, 0.6) is 0 Å². The Morgan fingerprint density at radius 2 is 1.79 bits per heavy atom. The largest absolute Gasteiger partial charge is 0.464 e. The number of hydrogen-bond donors (Lipinski definition) is 0. The molecular weight excluding hydrogens is 300 g/mol. The quantitative estimate of drug-likeness (QED) is 0.463. The Morgan fingerprint density at radius 1 is 0.958 bits per heavy atom. The lowest BCUT2D eigenvalue weighted by Crippen LogP contribution is -2.00. The first-order valence-electron chi connectivity index (χ1n) is 8.29. The Bertz CT molecular complexity index is 1060. The lowest BCUT2D eigenvalue weighted by Gasteiger charge is -2.05. The number of rotatable bonds is 4. The van der Waals surface area contributed by atoms with Crippen LogP contribution in [0.1, 0.15) is 25.3 Å². The molecule has 0 bridgehead atoms. The summed E-state index contributed by atoms with van der Waals surface area (Å²) >= 11 is 0. The smallest absolute Gasteiger partial charge is 0.336 e. The lowest BCUT2D eigenvalue weighted by atomic mass is 10.00. The molecule has 0 atom stereocenters. The fourth-order valence-electron chi connectivity index (χ4n) is 3.16. The number of unbranched alkanes of at least 4 members (excludes halogenated alkanes) is 1. The summed E-state index contributed by atoms with van der Waals surface area (Å²) in [5.41, 5.74) is 4.24. The normalized spacial score (nSPS) is 11.4. The maximum Gasteiger partial charge on any atom is 0.336 e. The van der Waals surface area contributed by atoms with E-state index in [-0.39, 0.29) is 5.63 Å². The Labute approximate surface area is 139 Å². The number of aryl methyl sites for hydroxylation is 1. The second kappa shape index (κ2) is 6.00. The van der Waals surface area contributed by atoms with Crippen LogP contribution in [0.25, 0.3) is 33.1 Å². The van der Waals surface area contributed by atoms with Crippen molar-refractivity contribution in [2.75, 3.05) is 0 Å². The zero-order valence-electron chi connectivity index (χ0n) is 13.5. The number of benzene rings is 2. The number of hydrogen-bond acceptors (Lipinski definition) is 3. The Kier molecular flexibility index (Phi) is 3.69. The molecule has 120 valence electrons. The summed E-state index contributed by atoms with van der Waals surface area (Å²) in [6.45, 7) is 2.15. The molecule has 0 fully saturated rings. The van der Waals surface area contributed by atoms with Gasteiger partial charge in [-0.05, 0) is 30.0 Å². The first-order chi connectivity index (χ1) is 11.8. The molecule has 2 aromatic heterocycles. The minimum atomic E-state index is -0.303. The summed E-state index contributed by atoms with van der Waals surface area (Å²) in [6.07, 6.45) is 4.78. The molecule has 0 aliphatic rings. The molecule has 0 aliphatic heterocycles. The van der Waals surface area contributed by atoms with Crippen LogP contribution in [-0.2, 0) is 6.42 Å². The molecule has 0 amide bonds. The first-order valence-corrected chi connectivity index (χ1v) is 8.29. The fourth-order valence-corrected chi connectivity index (χ4v) is 3.16. The highest BCUT2D eigenvalue weighted by molar-refractivity contribution is 6.02. The standard InChI is InChI=1S/C21H18O3/c1-2-3-7-15-10-21(22)24-20-12-19-17(11-16(15)20)18(13-23-19)14-8-5-4-6-9-14/h4-6,8-13H,2-3,7H2,1H3. The van der Waals surface area contributed by atoms with Gasteiger partial charge in [0.25, 0.3) is 0 Å². The minimum absolute atomic E-state index is 0.303. The van der Waals surface area contributed by atoms with E-state index in [2.05, 4.69) is 25.1 Å². The molecule has 0 aliphatic carbocycles. The third-order valence-electron chi connectivity index (χ3n) is 4.41. The van der Waals surface area contributed by atoms with Crippen LogP contribution in [0.4, 0.5) is 0 Å². The predicted octanol–water partition coefficient (Wildman–Crippen LogP) is 5.55. The molecule has 0 N–H and O–H groups in total. The number of furan rings is 1. The van der Waals surface area contributed by atoms with Gasteiger partial charge in [-0.1, -0.05) is 43.7 Å². The molecule has 0 saturated heterocycles. The predicted molar refractivity (Wildman–Crippen MR) is 96.3 cm³/mol. The van der Waals surface area contributed by atoms with Gasteiger partial charge < -0.3 is 8.83 Å². The molecular formula is C21H18O3. The van der Waals surface area contributed by atoms with Gasteiger partial charge in [-0.2, -0.15) is 0 Å². The SMILES string of the molecule is CCCCc1cc(=O)oc2cc3occ(-c4ccccc4)c3cc12. The van der Waals surface area contributed by atoms with Crippen molar-refractivity contribution in [2.24, 2.45) is 0 Å². The van der Waals surface area contributed by atoms with Crippen molar-refractivity contribution >= 4 is 21.9 Å². The molecule has 2 aromatic carbocycles. The zero-order valence-corrected chi connectivity index (χ0v) is 13.5. The summed E-state index contributed by atoms with van der Waals surface area (Å²) in [6, 6.07) is 15.7. The van der Waals surface area contributed by atoms with Crippen molar-refractivity contribution in [3.8, 4) is 11.1 Å². The average molecular weight is 318 g/mol. The van der Waals surface area contributed by atoms with Crippen molar-refractivity contribution in [1.29, 1.82) is 0 Å². The molecule has 3 heteroatoms. The van der Waals surface area contributed by atoms with Gasteiger partial charge in [0.2, 0.25) is 0 Å². The van der Waals surface area contributed by atoms with Gasteiger partial charge in [0.1, 0.15) is 11.2 Å². The van der Waals surface area contributed by atoms with E-state index in [1.54, 1.807) is 12.3 Å². The fraction of sp³-hybridized carbons (Fsp3) is 0.190. The van der Waals surface area contributed by atoms with E-state index in [9.17, 15) is 4.79 Å². The van der Waals surface area contributed by atoms with E-state index >= 15 is 0 Å². The Hall–Kier alpha value is -2.81. The highest BCUT2D eigenvalue weighted by Crippen LogP contribution is 2.34. The summed E-state index contributed by atoms with van der Waals surface area (Å²) < 4.78 is 11.1. The van der Waals surface area contributed by atoms with E-state index < -0.39 is 0 Å². The van der Waals surface area contributed by atoms with Crippen LogP contribution in [0.15, 0.2) is 68.4 Å². The van der Waals surface area contributed by atoms with Crippen LogP contribution in [0.3, 0.4) is 0 Å². The van der Waals surface area contributed by atoms with Gasteiger partial charge in [0, 0.05) is 28.5 Å². The summed E-state index contributed by atoms with van der Waals surface area (Å²) in [5, 5.41) is 2.04. The van der Waals surface area contributed by atoms with Crippen LogP contribution < -0.4 is 5.63 Å². The molecule has 0 radical (unpaired) electrons. The third-order valence-corrected chi connectivity index (χ3v) is 4.41. The van der Waals surface area contributed by atoms with Gasteiger partial charge in [-0.25, -0.2) is 4.79 Å². The molecule has 24 heavy (non-hydrogen) atoms. The molecule has 4 aromatic rings. The molecule has 0 unspecified atom stereocenters. The van der Waals surface area contributed by atoms with Crippen LogP contribution in [0.2, 0.25) is 0 Å². The van der Waals surface area contributed by atoms with Gasteiger partial charge in [-0.3, -0.25) is 0 Å². The average Bonchev–Trinajstić information content (AvgIpc) is 3.01. The van der Waals surface area contributed by atoms with Gasteiger partial charge in [0.15, 0.2) is 0 Å². The molecule has 3 nitrogen and oxygen atoms in total.